The highest BCUT2D eigenvalue weighted by Crippen LogP contribution is 2.30. The molecule has 10 nitrogen and oxygen atoms in total. The molecule has 0 spiro atoms. The van der Waals surface area contributed by atoms with E-state index >= 15 is 0 Å². The van der Waals surface area contributed by atoms with Crippen molar-refractivity contribution in [3.05, 3.63) is 44.8 Å². The zero-order chi connectivity index (χ0) is 19.6. The SMILES string of the molecule is Cc1ccc(-c2c(Cl)c(C(=O)N/C(=N/N)N(C)N)nn(C)c2=O)cc1O. The lowest BCUT2D eigenvalue weighted by Crippen LogP contribution is -2.46. The van der Waals surface area contributed by atoms with Crippen molar-refractivity contribution in [3.8, 4) is 16.9 Å². The van der Waals surface area contributed by atoms with Crippen molar-refractivity contribution in [3.63, 3.8) is 0 Å². The van der Waals surface area contributed by atoms with E-state index in [0.717, 1.165) is 9.69 Å². The van der Waals surface area contributed by atoms with E-state index in [1.54, 1.807) is 19.1 Å². The van der Waals surface area contributed by atoms with E-state index in [2.05, 4.69) is 15.5 Å². The zero-order valence-corrected chi connectivity index (χ0v) is 15.1. The van der Waals surface area contributed by atoms with Gasteiger partial charge in [0, 0.05) is 14.1 Å². The number of hydrazone groups is 1. The van der Waals surface area contributed by atoms with Gasteiger partial charge in [-0.05, 0) is 24.1 Å². The highest BCUT2D eigenvalue weighted by Gasteiger charge is 2.23. The van der Waals surface area contributed by atoms with Crippen LogP contribution in [0, 0.1) is 6.92 Å². The smallest absolute Gasteiger partial charge is 0.280 e. The van der Waals surface area contributed by atoms with Gasteiger partial charge in [0.2, 0.25) is 5.96 Å². The molecule has 0 bridgehead atoms. The number of hydrogen-bond acceptors (Lipinski definition) is 7. The van der Waals surface area contributed by atoms with Gasteiger partial charge in [-0.25, -0.2) is 10.5 Å². The predicted octanol–water partition coefficient (Wildman–Crippen LogP) is -0.120. The minimum absolute atomic E-state index is 0.00857. The van der Waals surface area contributed by atoms with Crippen molar-refractivity contribution in [1.29, 1.82) is 0 Å². The molecule has 1 heterocycles. The summed E-state index contributed by atoms with van der Waals surface area (Å²) in [6, 6.07) is 4.63. The maximum atomic E-state index is 12.5. The van der Waals surface area contributed by atoms with Crippen molar-refractivity contribution >= 4 is 23.5 Å². The normalized spacial score (nSPS) is 11.3. The average Bonchev–Trinajstić information content (AvgIpc) is 2.58. The summed E-state index contributed by atoms with van der Waals surface area (Å²) in [6.45, 7) is 1.71. The number of carbonyl (C=O) groups is 1. The molecule has 1 aromatic carbocycles. The van der Waals surface area contributed by atoms with Crippen LogP contribution in [0.2, 0.25) is 5.02 Å². The Kier molecular flexibility index (Phi) is 5.48. The topological polar surface area (TPSA) is 152 Å². The van der Waals surface area contributed by atoms with Crippen molar-refractivity contribution in [1.82, 2.24) is 20.1 Å². The number of phenols is 1. The first-order chi connectivity index (χ1) is 12.2. The van der Waals surface area contributed by atoms with Crippen LogP contribution in [-0.2, 0) is 7.05 Å². The van der Waals surface area contributed by atoms with Gasteiger partial charge in [0.25, 0.3) is 11.5 Å². The molecule has 138 valence electrons. The van der Waals surface area contributed by atoms with Gasteiger partial charge in [-0.1, -0.05) is 23.7 Å². The summed E-state index contributed by atoms with van der Waals surface area (Å²) >= 11 is 6.28. The first-order valence-corrected chi connectivity index (χ1v) is 7.69. The Bertz CT molecular complexity index is 953. The molecular formula is C15H18ClN7O3. The second-order valence-corrected chi connectivity index (χ2v) is 5.86. The lowest BCUT2D eigenvalue weighted by Gasteiger charge is -2.16. The third kappa shape index (κ3) is 3.60. The van der Waals surface area contributed by atoms with Crippen LogP contribution in [0.1, 0.15) is 16.1 Å². The van der Waals surface area contributed by atoms with E-state index in [0.29, 0.717) is 11.1 Å². The van der Waals surface area contributed by atoms with Gasteiger partial charge in [-0.3, -0.25) is 19.9 Å². The molecule has 0 radical (unpaired) electrons. The van der Waals surface area contributed by atoms with E-state index in [1.807, 2.05) is 0 Å². The van der Waals surface area contributed by atoms with Gasteiger partial charge in [0.15, 0.2) is 5.69 Å². The Hall–Kier alpha value is -3.11. The summed E-state index contributed by atoms with van der Waals surface area (Å²) in [6.07, 6.45) is 0. The molecule has 0 fully saturated rings. The van der Waals surface area contributed by atoms with Crippen molar-refractivity contribution < 1.29 is 9.90 Å². The molecule has 26 heavy (non-hydrogen) atoms. The van der Waals surface area contributed by atoms with Crippen molar-refractivity contribution in [2.45, 2.75) is 6.92 Å². The van der Waals surface area contributed by atoms with E-state index in [9.17, 15) is 14.7 Å². The van der Waals surface area contributed by atoms with Crippen LogP contribution in [0.4, 0.5) is 0 Å². The Morgan fingerprint density at radius 3 is 2.65 bits per heavy atom. The fourth-order valence-corrected chi connectivity index (χ4v) is 2.46. The van der Waals surface area contributed by atoms with Crippen LogP contribution in [0.3, 0.4) is 0 Å². The van der Waals surface area contributed by atoms with Crippen LogP contribution in [0.25, 0.3) is 11.1 Å². The van der Waals surface area contributed by atoms with Gasteiger partial charge in [-0.15, -0.1) is 5.10 Å². The van der Waals surface area contributed by atoms with Crippen LogP contribution < -0.4 is 22.6 Å². The maximum Gasteiger partial charge on any atom is 0.280 e. The molecule has 0 unspecified atom stereocenters. The van der Waals surface area contributed by atoms with Crippen molar-refractivity contribution in [2.75, 3.05) is 7.05 Å². The molecule has 0 aliphatic rings. The molecular weight excluding hydrogens is 362 g/mol. The Labute approximate surface area is 153 Å². The quantitative estimate of drug-likeness (QED) is 0.245. The zero-order valence-electron chi connectivity index (χ0n) is 14.3. The number of amides is 1. The van der Waals surface area contributed by atoms with Crippen LogP contribution in [0.5, 0.6) is 5.75 Å². The minimum atomic E-state index is -0.760. The number of nitrogens with one attached hydrogen (secondary N) is 1. The molecule has 2 rings (SSSR count). The molecule has 0 saturated carbocycles. The third-order valence-corrected chi connectivity index (χ3v) is 3.95. The summed E-state index contributed by atoms with van der Waals surface area (Å²) in [5, 5.41) is 20.3. The van der Waals surface area contributed by atoms with Gasteiger partial charge >= 0.3 is 0 Å². The first kappa shape index (κ1) is 19.2. The number of nitrogens with two attached hydrogens (primary N) is 2. The van der Waals surface area contributed by atoms with E-state index in [4.69, 9.17) is 23.3 Å². The van der Waals surface area contributed by atoms with Crippen LogP contribution in [0.15, 0.2) is 28.1 Å². The van der Waals surface area contributed by atoms with Crippen LogP contribution >= 0.6 is 11.6 Å². The fraction of sp³-hybridized carbons (Fsp3) is 0.200. The molecule has 1 amide bonds. The standard InChI is InChI=1S/C15H18ClN7O3/c1-7-4-5-8(6-9(7)24)10-11(16)12(21-23(3)14(10)26)13(25)19-15(20-17)22(2)18/h4-6,24H,17-18H2,1-3H3,(H,19,20,25). The number of rotatable bonds is 2. The summed E-state index contributed by atoms with van der Waals surface area (Å²) in [5.74, 6) is 9.75. The van der Waals surface area contributed by atoms with Gasteiger partial charge < -0.3 is 10.9 Å². The van der Waals surface area contributed by atoms with Gasteiger partial charge in [0.05, 0.1) is 10.6 Å². The number of guanidine groups is 1. The van der Waals surface area contributed by atoms with Gasteiger partial charge in [-0.2, -0.15) is 5.10 Å². The second kappa shape index (κ2) is 7.42. The van der Waals surface area contributed by atoms with Crippen LogP contribution in [-0.4, -0.2) is 38.8 Å². The number of aromatic hydroxyl groups is 1. The van der Waals surface area contributed by atoms with E-state index < -0.39 is 11.5 Å². The Balaban J connectivity index is 2.61. The lowest BCUT2D eigenvalue weighted by molar-refractivity contribution is 0.0965. The first-order valence-electron chi connectivity index (χ1n) is 7.31. The number of halogens is 1. The molecule has 0 aliphatic carbocycles. The highest BCUT2D eigenvalue weighted by molar-refractivity contribution is 6.36. The molecule has 6 N–H and O–H groups in total. The monoisotopic (exact) mass is 379 g/mol. The summed E-state index contributed by atoms with van der Waals surface area (Å²) in [4.78, 5) is 24.9. The minimum Gasteiger partial charge on any atom is -0.508 e. The number of hydrazine groups is 1. The lowest BCUT2D eigenvalue weighted by atomic mass is 10.0. The molecule has 11 heteroatoms. The molecule has 0 atom stereocenters. The molecule has 1 aromatic heterocycles. The average molecular weight is 380 g/mol. The third-order valence-electron chi connectivity index (χ3n) is 3.58. The number of aromatic nitrogens is 2. The largest absolute Gasteiger partial charge is 0.508 e. The maximum absolute atomic E-state index is 12.5. The van der Waals surface area contributed by atoms with E-state index in [-0.39, 0.29) is 28.0 Å². The number of hydrogen-bond donors (Lipinski definition) is 4. The summed E-state index contributed by atoms with van der Waals surface area (Å²) in [5.41, 5.74) is 0.240. The predicted molar refractivity (Wildman–Crippen MR) is 97.4 cm³/mol. The second-order valence-electron chi connectivity index (χ2n) is 5.49. The number of carbonyl (C=O) groups excluding carboxylic acids is 1. The Morgan fingerprint density at radius 2 is 2.12 bits per heavy atom. The summed E-state index contributed by atoms with van der Waals surface area (Å²) < 4.78 is 0.971. The molecule has 2 aromatic rings. The fourth-order valence-electron chi connectivity index (χ4n) is 2.15. The highest BCUT2D eigenvalue weighted by atomic mass is 35.5. The molecule has 0 saturated heterocycles. The number of phenolic OH excluding ortho intramolecular Hbond substituents is 1. The molecule has 0 aliphatic heterocycles. The summed E-state index contributed by atoms with van der Waals surface area (Å²) in [7, 11) is 2.79. The number of aryl methyl sites for hydroxylation is 2. The Morgan fingerprint density at radius 1 is 1.46 bits per heavy atom. The van der Waals surface area contributed by atoms with E-state index in [1.165, 1.54) is 20.2 Å². The van der Waals surface area contributed by atoms with Gasteiger partial charge in [0.1, 0.15) is 5.75 Å². The van der Waals surface area contributed by atoms with Crippen molar-refractivity contribution in [2.24, 2.45) is 23.8 Å². The number of benzene rings is 1. The number of nitrogens with zero attached hydrogens (tertiary/aromatic N) is 4.